The lowest BCUT2D eigenvalue weighted by molar-refractivity contribution is -0.384. The van der Waals surface area contributed by atoms with Crippen LogP contribution in [0.1, 0.15) is 25.3 Å². The Bertz CT molecular complexity index is 411. The van der Waals surface area contributed by atoms with E-state index in [-0.39, 0.29) is 10.6 Å². The number of hydrogen-bond acceptors (Lipinski definition) is 3. The van der Waals surface area contributed by atoms with Crippen molar-refractivity contribution in [2.45, 2.75) is 32.7 Å². The summed E-state index contributed by atoms with van der Waals surface area (Å²) in [5, 5.41) is 14.0. The Labute approximate surface area is 94.8 Å². The molecule has 4 heteroatoms. The zero-order chi connectivity index (χ0) is 11.7. The van der Waals surface area contributed by atoms with Gasteiger partial charge in [0.1, 0.15) is 0 Å². The van der Waals surface area contributed by atoms with Crippen LogP contribution in [0.15, 0.2) is 18.2 Å². The van der Waals surface area contributed by atoms with E-state index in [9.17, 15) is 10.1 Å². The van der Waals surface area contributed by atoms with E-state index in [2.05, 4.69) is 12.2 Å². The minimum Gasteiger partial charge on any atom is -0.382 e. The maximum absolute atomic E-state index is 10.7. The SMILES string of the molecule is Cc1ccc([N+](=O)[O-])cc1NC1CC(C)C1. The third kappa shape index (κ3) is 2.15. The molecule has 0 heterocycles. The summed E-state index contributed by atoms with van der Waals surface area (Å²) in [6, 6.07) is 5.45. The first-order valence-corrected chi connectivity index (χ1v) is 5.58. The number of nitrogens with one attached hydrogen (secondary N) is 1. The van der Waals surface area contributed by atoms with Gasteiger partial charge in [0.05, 0.1) is 4.92 Å². The molecule has 2 rings (SSSR count). The molecule has 0 spiro atoms. The van der Waals surface area contributed by atoms with Crippen LogP contribution in [0.3, 0.4) is 0 Å². The zero-order valence-electron chi connectivity index (χ0n) is 9.56. The molecule has 1 fully saturated rings. The summed E-state index contributed by atoms with van der Waals surface area (Å²) in [4.78, 5) is 10.3. The average molecular weight is 220 g/mol. The topological polar surface area (TPSA) is 55.2 Å². The van der Waals surface area contributed by atoms with E-state index in [0.717, 1.165) is 30.0 Å². The van der Waals surface area contributed by atoms with Gasteiger partial charge in [-0.05, 0) is 31.2 Å². The highest BCUT2D eigenvalue weighted by Crippen LogP contribution is 2.31. The quantitative estimate of drug-likeness (QED) is 0.629. The van der Waals surface area contributed by atoms with E-state index in [1.807, 2.05) is 6.92 Å². The van der Waals surface area contributed by atoms with Crippen molar-refractivity contribution in [3.05, 3.63) is 33.9 Å². The molecule has 1 aromatic carbocycles. The summed E-state index contributed by atoms with van der Waals surface area (Å²) in [5.41, 5.74) is 2.11. The van der Waals surface area contributed by atoms with E-state index >= 15 is 0 Å². The second-order valence-electron chi connectivity index (χ2n) is 4.67. The van der Waals surface area contributed by atoms with Crippen molar-refractivity contribution in [1.82, 2.24) is 0 Å². The molecule has 0 radical (unpaired) electrons. The molecule has 0 aliphatic heterocycles. The molecule has 0 amide bonds. The number of nitrogens with zero attached hydrogens (tertiary/aromatic N) is 1. The maximum atomic E-state index is 10.7. The molecule has 0 unspecified atom stereocenters. The van der Waals surface area contributed by atoms with Crippen LogP contribution in [0.2, 0.25) is 0 Å². The molecule has 0 aromatic heterocycles. The van der Waals surface area contributed by atoms with Crippen molar-refractivity contribution in [2.75, 3.05) is 5.32 Å². The second kappa shape index (κ2) is 4.12. The van der Waals surface area contributed by atoms with Gasteiger partial charge < -0.3 is 5.32 Å². The monoisotopic (exact) mass is 220 g/mol. The van der Waals surface area contributed by atoms with Gasteiger partial charge in [0.25, 0.3) is 5.69 Å². The minimum absolute atomic E-state index is 0.153. The molecule has 4 nitrogen and oxygen atoms in total. The average Bonchev–Trinajstić information content (AvgIpc) is 2.18. The molecule has 86 valence electrons. The van der Waals surface area contributed by atoms with Gasteiger partial charge in [-0.25, -0.2) is 0 Å². The van der Waals surface area contributed by atoms with Crippen molar-refractivity contribution in [1.29, 1.82) is 0 Å². The first kappa shape index (κ1) is 10.9. The number of aryl methyl sites for hydroxylation is 1. The number of benzene rings is 1. The van der Waals surface area contributed by atoms with Crippen LogP contribution in [-0.2, 0) is 0 Å². The number of hydrogen-bond donors (Lipinski definition) is 1. The highest BCUT2D eigenvalue weighted by Gasteiger charge is 2.25. The fourth-order valence-electron chi connectivity index (χ4n) is 2.12. The molecule has 1 saturated carbocycles. The maximum Gasteiger partial charge on any atom is 0.271 e. The van der Waals surface area contributed by atoms with Crippen LogP contribution in [0.4, 0.5) is 11.4 Å². The van der Waals surface area contributed by atoms with E-state index in [1.165, 1.54) is 0 Å². The summed E-state index contributed by atoms with van der Waals surface area (Å²) in [7, 11) is 0. The van der Waals surface area contributed by atoms with Crippen molar-refractivity contribution in [3.63, 3.8) is 0 Å². The molecule has 1 aliphatic rings. The molecular weight excluding hydrogens is 204 g/mol. The highest BCUT2D eigenvalue weighted by molar-refractivity contribution is 5.57. The number of nitro groups is 1. The summed E-state index contributed by atoms with van der Waals surface area (Å²) in [6.07, 6.45) is 2.31. The number of non-ortho nitro benzene ring substituents is 1. The normalized spacial score (nSPS) is 23.6. The van der Waals surface area contributed by atoms with Gasteiger partial charge in [-0.15, -0.1) is 0 Å². The largest absolute Gasteiger partial charge is 0.382 e. The number of anilines is 1. The van der Waals surface area contributed by atoms with E-state index in [4.69, 9.17) is 0 Å². The Hall–Kier alpha value is -1.58. The van der Waals surface area contributed by atoms with Crippen LogP contribution in [-0.4, -0.2) is 11.0 Å². The molecule has 1 aromatic rings. The van der Waals surface area contributed by atoms with Crippen LogP contribution < -0.4 is 5.32 Å². The van der Waals surface area contributed by atoms with Crippen molar-refractivity contribution >= 4 is 11.4 Å². The van der Waals surface area contributed by atoms with E-state index in [1.54, 1.807) is 18.2 Å². The van der Waals surface area contributed by atoms with Gasteiger partial charge in [-0.2, -0.15) is 0 Å². The third-order valence-corrected chi connectivity index (χ3v) is 3.17. The lowest BCUT2D eigenvalue weighted by Crippen LogP contribution is -2.33. The Balaban J connectivity index is 2.12. The summed E-state index contributed by atoms with van der Waals surface area (Å²) < 4.78 is 0. The smallest absolute Gasteiger partial charge is 0.271 e. The lowest BCUT2D eigenvalue weighted by Gasteiger charge is -2.34. The van der Waals surface area contributed by atoms with Crippen LogP contribution >= 0.6 is 0 Å². The standard InChI is InChI=1S/C12H16N2O2/c1-8-5-10(6-8)13-12-7-11(14(15)16)4-3-9(12)2/h3-4,7-8,10,13H,5-6H2,1-2H3. The van der Waals surface area contributed by atoms with E-state index < -0.39 is 0 Å². The summed E-state index contributed by atoms with van der Waals surface area (Å²) in [5.74, 6) is 0.775. The first-order chi connectivity index (χ1) is 7.56. The Morgan fingerprint density at radius 2 is 2.12 bits per heavy atom. The molecule has 16 heavy (non-hydrogen) atoms. The minimum atomic E-state index is -0.353. The Morgan fingerprint density at radius 3 is 2.69 bits per heavy atom. The fourth-order valence-corrected chi connectivity index (χ4v) is 2.12. The molecule has 0 bridgehead atoms. The van der Waals surface area contributed by atoms with Crippen LogP contribution in [0, 0.1) is 23.0 Å². The van der Waals surface area contributed by atoms with E-state index in [0.29, 0.717) is 6.04 Å². The van der Waals surface area contributed by atoms with Gasteiger partial charge in [0, 0.05) is 23.9 Å². The Morgan fingerprint density at radius 1 is 1.44 bits per heavy atom. The highest BCUT2D eigenvalue weighted by atomic mass is 16.6. The lowest BCUT2D eigenvalue weighted by atomic mass is 9.81. The number of rotatable bonds is 3. The van der Waals surface area contributed by atoms with Gasteiger partial charge >= 0.3 is 0 Å². The molecular formula is C12H16N2O2. The first-order valence-electron chi connectivity index (χ1n) is 5.58. The van der Waals surface area contributed by atoms with Crippen LogP contribution in [0.25, 0.3) is 0 Å². The predicted molar refractivity (Wildman–Crippen MR) is 63.6 cm³/mol. The molecule has 0 saturated heterocycles. The zero-order valence-corrected chi connectivity index (χ0v) is 9.56. The van der Waals surface area contributed by atoms with Gasteiger partial charge in [-0.1, -0.05) is 13.0 Å². The van der Waals surface area contributed by atoms with Crippen molar-refractivity contribution < 1.29 is 4.92 Å². The second-order valence-corrected chi connectivity index (χ2v) is 4.67. The summed E-state index contributed by atoms with van der Waals surface area (Å²) >= 11 is 0. The third-order valence-electron chi connectivity index (χ3n) is 3.17. The van der Waals surface area contributed by atoms with Crippen molar-refractivity contribution in [2.24, 2.45) is 5.92 Å². The Kier molecular flexibility index (Phi) is 2.81. The molecule has 1 N–H and O–H groups in total. The molecule has 0 atom stereocenters. The fraction of sp³-hybridized carbons (Fsp3) is 0.500. The molecule has 1 aliphatic carbocycles. The predicted octanol–water partition coefficient (Wildman–Crippen LogP) is 3.11. The van der Waals surface area contributed by atoms with Gasteiger partial charge in [0.2, 0.25) is 0 Å². The van der Waals surface area contributed by atoms with Crippen molar-refractivity contribution in [3.8, 4) is 0 Å². The number of nitro benzene ring substituents is 1. The summed E-state index contributed by atoms with van der Waals surface area (Å²) in [6.45, 7) is 4.19. The van der Waals surface area contributed by atoms with Gasteiger partial charge in [-0.3, -0.25) is 10.1 Å². The van der Waals surface area contributed by atoms with Crippen LogP contribution in [0.5, 0.6) is 0 Å². The van der Waals surface area contributed by atoms with Gasteiger partial charge in [0.15, 0.2) is 0 Å².